The molecule has 0 saturated heterocycles. The Morgan fingerprint density at radius 2 is 2.36 bits per heavy atom. The third-order valence-electron chi connectivity index (χ3n) is 1.80. The van der Waals surface area contributed by atoms with Crippen molar-refractivity contribution in [1.29, 1.82) is 0 Å². The first-order chi connectivity index (χ1) is 6.72. The summed E-state index contributed by atoms with van der Waals surface area (Å²) < 4.78 is 6.40. The van der Waals surface area contributed by atoms with Crippen molar-refractivity contribution in [1.82, 2.24) is 4.98 Å². The van der Waals surface area contributed by atoms with Crippen molar-refractivity contribution in [2.45, 2.75) is 0 Å². The van der Waals surface area contributed by atoms with Gasteiger partial charge in [0.05, 0.1) is 22.9 Å². The zero-order chi connectivity index (χ0) is 10.1. The van der Waals surface area contributed by atoms with Crippen LogP contribution in [0.4, 0.5) is 0 Å². The number of nitrogens with zero attached hydrogens (tertiary/aromatic N) is 1. The lowest BCUT2D eigenvalue weighted by Crippen LogP contribution is -2.01. The lowest BCUT2D eigenvalue weighted by molar-refractivity contribution is 0.0603. The number of carbonyl (C=O) groups excluding carboxylic acids is 1. The normalized spacial score (nSPS) is 10.4. The molecule has 1 aromatic carbocycles. The summed E-state index contributed by atoms with van der Waals surface area (Å²) in [7, 11) is 1.36. The Hall–Kier alpha value is -0.940. The molecule has 2 aromatic rings. The SMILES string of the molecule is COC(=O)c1cccc2sc(Br)nc12. The minimum atomic E-state index is -0.353. The van der Waals surface area contributed by atoms with Crippen LogP contribution in [0, 0.1) is 0 Å². The van der Waals surface area contributed by atoms with Gasteiger partial charge in [-0.3, -0.25) is 0 Å². The molecule has 0 N–H and O–H groups in total. The number of hydrogen-bond acceptors (Lipinski definition) is 4. The number of esters is 1. The average Bonchev–Trinajstić information content (AvgIpc) is 2.56. The lowest BCUT2D eigenvalue weighted by Gasteiger charge is -1.98. The molecule has 0 amide bonds. The Morgan fingerprint density at radius 1 is 1.57 bits per heavy atom. The third kappa shape index (κ3) is 1.53. The highest BCUT2D eigenvalue weighted by Crippen LogP contribution is 2.28. The fourth-order valence-electron chi connectivity index (χ4n) is 1.20. The van der Waals surface area contributed by atoms with Gasteiger partial charge in [-0.2, -0.15) is 0 Å². The molecule has 1 aromatic heterocycles. The second-order valence-electron chi connectivity index (χ2n) is 2.61. The van der Waals surface area contributed by atoms with Gasteiger partial charge < -0.3 is 4.74 Å². The van der Waals surface area contributed by atoms with E-state index in [4.69, 9.17) is 0 Å². The predicted octanol–water partition coefficient (Wildman–Crippen LogP) is 2.85. The zero-order valence-corrected chi connectivity index (χ0v) is 9.68. The number of carbonyl (C=O) groups is 1. The van der Waals surface area contributed by atoms with Crippen molar-refractivity contribution in [3.8, 4) is 0 Å². The number of rotatable bonds is 1. The summed E-state index contributed by atoms with van der Waals surface area (Å²) in [6.45, 7) is 0. The van der Waals surface area contributed by atoms with E-state index in [9.17, 15) is 4.79 Å². The maximum atomic E-state index is 11.4. The first-order valence-electron chi connectivity index (χ1n) is 3.85. The van der Waals surface area contributed by atoms with Crippen LogP contribution in [-0.4, -0.2) is 18.1 Å². The minimum absolute atomic E-state index is 0.353. The highest BCUT2D eigenvalue weighted by Gasteiger charge is 2.12. The number of benzene rings is 1. The molecule has 2 rings (SSSR count). The van der Waals surface area contributed by atoms with Gasteiger partial charge in [0, 0.05) is 0 Å². The van der Waals surface area contributed by atoms with Crippen molar-refractivity contribution < 1.29 is 9.53 Å². The number of aromatic nitrogens is 1. The molecular formula is C9H6BrNO2S. The van der Waals surface area contributed by atoms with Gasteiger partial charge in [0.1, 0.15) is 0 Å². The topological polar surface area (TPSA) is 39.2 Å². The molecule has 0 radical (unpaired) electrons. The van der Waals surface area contributed by atoms with Crippen molar-refractivity contribution in [3.63, 3.8) is 0 Å². The molecule has 3 nitrogen and oxygen atoms in total. The van der Waals surface area contributed by atoms with Gasteiger partial charge in [-0.15, -0.1) is 11.3 Å². The van der Waals surface area contributed by atoms with Crippen LogP contribution in [0.3, 0.4) is 0 Å². The number of methoxy groups -OCH3 is 1. The molecule has 0 bridgehead atoms. The first kappa shape index (κ1) is 9.61. The lowest BCUT2D eigenvalue weighted by atomic mass is 10.2. The monoisotopic (exact) mass is 271 g/mol. The highest BCUT2D eigenvalue weighted by atomic mass is 79.9. The third-order valence-corrected chi connectivity index (χ3v) is 3.27. The number of thiazole rings is 1. The summed E-state index contributed by atoms with van der Waals surface area (Å²) in [6, 6.07) is 5.45. The summed E-state index contributed by atoms with van der Waals surface area (Å²) in [5, 5.41) is 0. The van der Waals surface area contributed by atoms with Crippen LogP contribution in [0.5, 0.6) is 0 Å². The van der Waals surface area contributed by atoms with Crippen LogP contribution >= 0.6 is 27.3 Å². The van der Waals surface area contributed by atoms with Gasteiger partial charge >= 0.3 is 5.97 Å². The van der Waals surface area contributed by atoms with E-state index in [0.717, 1.165) is 8.62 Å². The standard InChI is InChI=1S/C9H6BrNO2S/c1-13-8(12)5-3-2-4-6-7(5)11-9(10)14-6/h2-4H,1H3. The van der Waals surface area contributed by atoms with Crippen LogP contribution in [0.1, 0.15) is 10.4 Å². The highest BCUT2D eigenvalue weighted by molar-refractivity contribution is 9.11. The van der Waals surface area contributed by atoms with Crippen molar-refractivity contribution >= 4 is 43.5 Å². The largest absolute Gasteiger partial charge is 0.465 e. The number of fused-ring (bicyclic) bond motifs is 1. The van der Waals surface area contributed by atoms with E-state index in [2.05, 4.69) is 25.7 Å². The Labute approximate surface area is 92.8 Å². The molecule has 1 heterocycles. The smallest absolute Gasteiger partial charge is 0.340 e. The second kappa shape index (κ2) is 3.67. The van der Waals surface area contributed by atoms with E-state index in [0.29, 0.717) is 11.1 Å². The van der Waals surface area contributed by atoms with Gasteiger partial charge in [-0.25, -0.2) is 9.78 Å². The fourth-order valence-corrected chi connectivity index (χ4v) is 2.61. The van der Waals surface area contributed by atoms with Crippen LogP contribution in [0.25, 0.3) is 10.2 Å². The number of ether oxygens (including phenoxy) is 1. The molecule has 0 unspecified atom stereocenters. The maximum absolute atomic E-state index is 11.4. The summed E-state index contributed by atoms with van der Waals surface area (Å²) in [4.78, 5) is 15.6. The Bertz CT molecular complexity index is 495. The van der Waals surface area contributed by atoms with Gasteiger partial charge in [-0.1, -0.05) is 6.07 Å². The molecule has 0 fully saturated rings. The molecule has 0 saturated carbocycles. The van der Waals surface area contributed by atoms with Crippen LogP contribution in [0.15, 0.2) is 22.1 Å². The molecule has 0 aliphatic heterocycles. The van der Waals surface area contributed by atoms with E-state index >= 15 is 0 Å². The molecule has 0 spiro atoms. The molecule has 0 aliphatic rings. The molecule has 14 heavy (non-hydrogen) atoms. The summed E-state index contributed by atoms with van der Waals surface area (Å²) in [6.07, 6.45) is 0. The van der Waals surface area contributed by atoms with Crippen LogP contribution < -0.4 is 0 Å². The zero-order valence-electron chi connectivity index (χ0n) is 7.28. The molecule has 0 aliphatic carbocycles. The number of para-hydroxylation sites is 1. The average molecular weight is 272 g/mol. The first-order valence-corrected chi connectivity index (χ1v) is 5.46. The van der Waals surface area contributed by atoms with E-state index in [-0.39, 0.29) is 5.97 Å². The van der Waals surface area contributed by atoms with E-state index in [1.54, 1.807) is 6.07 Å². The van der Waals surface area contributed by atoms with Gasteiger partial charge in [0.15, 0.2) is 3.92 Å². The molecule has 5 heteroatoms. The van der Waals surface area contributed by atoms with Crippen molar-refractivity contribution in [3.05, 3.63) is 27.7 Å². The number of hydrogen-bond donors (Lipinski definition) is 0. The maximum Gasteiger partial charge on any atom is 0.340 e. The Morgan fingerprint density at radius 3 is 3.07 bits per heavy atom. The van der Waals surface area contributed by atoms with E-state index < -0.39 is 0 Å². The van der Waals surface area contributed by atoms with Crippen LogP contribution in [-0.2, 0) is 4.74 Å². The second-order valence-corrected chi connectivity index (χ2v) is 4.92. The molecular weight excluding hydrogens is 266 g/mol. The van der Waals surface area contributed by atoms with Crippen molar-refractivity contribution in [2.75, 3.05) is 7.11 Å². The Balaban J connectivity index is 2.70. The van der Waals surface area contributed by atoms with Crippen molar-refractivity contribution in [2.24, 2.45) is 0 Å². The summed E-state index contributed by atoms with van der Waals surface area (Å²) >= 11 is 4.78. The van der Waals surface area contributed by atoms with Crippen LogP contribution in [0.2, 0.25) is 0 Å². The molecule has 0 atom stereocenters. The minimum Gasteiger partial charge on any atom is -0.465 e. The van der Waals surface area contributed by atoms with Gasteiger partial charge in [-0.05, 0) is 28.1 Å². The quantitative estimate of drug-likeness (QED) is 0.749. The predicted molar refractivity (Wildman–Crippen MR) is 58.7 cm³/mol. The number of halogens is 1. The van der Waals surface area contributed by atoms with Gasteiger partial charge in [0.2, 0.25) is 0 Å². The van der Waals surface area contributed by atoms with Gasteiger partial charge in [0.25, 0.3) is 0 Å². The summed E-state index contributed by atoms with van der Waals surface area (Å²) in [5.41, 5.74) is 1.20. The van der Waals surface area contributed by atoms with E-state index in [1.165, 1.54) is 18.4 Å². The Kier molecular flexibility index (Phi) is 2.52. The molecule has 72 valence electrons. The fraction of sp³-hybridized carbons (Fsp3) is 0.111. The summed E-state index contributed by atoms with van der Waals surface area (Å²) in [5.74, 6) is -0.353. The van der Waals surface area contributed by atoms with E-state index in [1.807, 2.05) is 12.1 Å².